The van der Waals surface area contributed by atoms with E-state index in [1.807, 2.05) is 30.5 Å². The van der Waals surface area contributed by atoms with Gasteiger partial charge >= 0.3 is 0 Å². The Kier molecular flexibility index (Phi) is 3.68. The molecule has 0 aromatic heterocycles. The van der Waals surface area contributed by atoms with Gasteiger partial charge in [-0.1, -0.05) is 18.2 Å². The molecule has 0 bridgehead atoms. The number of fused-ring (bicyclic) bond motifs is 1. The molecule has 0 radical (unpaired) electrons. The van der Waals surface area contributed by atoms with Crippen LogP contribution in [-0.2, 0) is 16.1 Å². The highest BCUT2D eigenvalue weighted by atomic mass is 32.2. The van der Waals surface area contributed by atoms with E-state index in [4.69, 9.17) is 0 Å². The Balaban J connectivity index is 2.23. The summed E-state index contributed by atoms with van der Waals surface area (Å²) in [5.41, 5.74) is 1.78. The average Bonchev–Trinajstić information content (AvgIpc) is 2.47. The predicted octanol–water partition coefficient (Wildman–Crippen LogP) is 1.33. The molecule has 1 N–H and O–H groups in total. The third-order valence-electron chi connectivity index (χ3n) is 2.61. The van der Waals surface area contributed by atoms with Crippen molar-refractivity contribution in [1.29, 1.82) is 0 Å². The van der Waals surface area contributed by atoms with Crippen LogP contribution in [0.3, 0.4) is 0 Å². The van der Waals surface area contributed by atoms with Gasteiger partial charge in [-0.3, -0.25) is 9.59 Å². The lowest BCUT2D eigenvalue weighted by molar-refractivity contribution is -0.132. The Morgan fingerprint density at radius 2 is 2.18 bits per heavy atom. The van der Waals surface area contributed by atoms with Crippen LogP contribution < -0.4 is 5.32 Å². The average molecular weight is 250 g/mol. The van der Waals surface area contributed by atoms with Gasteiger partial charge in [-0.05, 0) is 17.9 Å². The molecule has 0 saturated heterocycles. The van der Waals surface area contributed by atoms with Crippen LogP contribution in [0.25, 0.3) is 0 Å². The number of rotatable bonds is 2. The molecule has 0 aliphatic carbocycles. The lowest BCUT2D eigenvalue weighted by Gasteiger charge is -2.18. The number of benzene rings is 1. The lowest BCUT2D eigenvalue weighted by atomic mass is 10.2. The number of hydrogen-bond donors (Lipinski definition) is 1. The number of nitrogens with zero attached hydrogens (tertiary/aromatic N) is 1. The lowest BCUT2D eigenvalue weighted by Crippen LogP contribution is -2.36. The Labute approximate surface area is 104 Å². The fourth-order valence-corrected chi connectivity index (χ4v) is 2.23. The number of hydrogen-bond acceptors (Lipinski definition) is 3. The minimum absolute atomic E-state index is 0.00403. The van der Waals surface area contributed by atoms with Crippen LogP contribution >= 0.6 is 11.8 Å². The maximum Gasteiger partial charge on any atom is 0.244 e. The minimum atomic E-state index is -0.135. The van der Waals surface area contributed by atoms with Gasteiger partial charge in [-0.15, -0.1) is 0 Å². The first-order valence-electron chi connectivity index (χ1n) is 5.35. The van der Waals surface area contributed by atoms with Crippen molar-refractivity contribution in [3.05, 3.63) is 29.8 Å². The first-order valence-corrected chi connectivity index (χ1v) is 6.74. The molecule has 1 aliphatic rings. The van der Waals surface area contributed by atoms with Crippen molar-refractivity contribution in [3.8, 4) is 0 Å². The molecule has 5 heteroatoms. The first kappa shape index (κ1) is 12.0. The summed E-state index contributed by atoms with van der Waals surface area (Å²) in [6.45, 7) is 0.627. The molecule has 0 spiro atoms. The topological polar surface area (TPSA) is 49.4 Å². The standard InChI is InChI=1S/C12H14N2O2S/c1-17-8-12(16)14-6-9-4-2-3-5-10(9)13-11(15)7-14/h2-5H,6-8H2,1H3,(H,13,15). The maximum atomic E-state index is 11.8. The highest BCUT2D eigenvalue weighted by Crippen LogP contribution is 2.20. The third-order valence-corrected chi connectivity index (χ3v) is 3.14. The highest BCUT2D eigenvalue weighted by Gasteiger charge is 2.22. The molecule has 0 unspecified atom stereocenters. The van der Waals surface area contributed by atoms with E-state index in [0.717, 1.165) is 11.3 Å². The van der Waals surface area contributed by atoms with Crippen molar-refractivity contribution >= 4 is 29.3 Å². The molecule has 0 fully saturated rings. The molecule has 0 saturated carbocycles. The third kappa shape index (κ3) is 2.79. The molecular weight excluding hydrogens is 236 g/mol. The monoisotopic (exact) mass is 250 g/mol. The fourth-order valence-electron chi connectivity index (χ4n) is 1.80. The van der Waals surface area contributed by atoms with Gasteiger partial charge in [0, 0.05) is 12.2 Å². The number of amides is 2. The van der Waals surface area contributed by atoms with Crippen LogP contribution in [0, 0.1) is 0 Å². The summed E-state index contributed by atoms with van der Waals surface area (Å²) >= 11 is 1.47. The molecule has 1 heterocycles. The summed E-state index contributed by atoms with van der Waals surface area (Å²) in [5, 5.41) is 2.81. The normalized spacial score (nSPS) is 14.9. The van der Waals surface area contributed by atoms with Crippen molar-refractivity contribution in [1.82, 2.24) is 4.90 Å². The van der Waals surface area contributed by atoms with Gasteiger partial charge in [0.1, 0.15) is 6.54 Å². The Morgan fingerprint density at radius 3 is 2.94 bits per heavy atom. The molecular formula is C12H14N2O2S. The van der Waals surface area contributed by atoms with Crippen molar-refractivity contribution < 1.29 is 9.59 Å². The van der Waals surface area contributed by atoms with Crippen molar-refractivity contribution in [3.63, 3.8) is 0 Å². The fraction of sp³-hybridized carbons (Fsp3) is 0.333. The summed E-state index contributed by atoms with van der Waals surface area (Å²) in [4.78, 5) is 25.1. The van der Waals surface area contributed by atoms with E-state index in [1.165, 1.54) is 11.8 Å². The second kappa shape index (κ2) is 5.23. The number of carbonyl (C=O) groups excluding carboxylic acids is 2. The zero-order chi connectivity index (χ0) is 12.3. The number of carbonyl (C=O) groups is 2. The largest absolute Gasteiger partial charge is 0.328 e. The van der Waals surface area contributed by atoms with Crippen LogP contribution in [0.5, 0.6) is 0 Å². The molecule has 1 aromatic rings. The molecule has 1 aliphatic heterocycles. The number of nitrogens with one attached hydrogen (secondary N) is 1. The van der Waals surface area contributed by atoms with Crippen LogP contribution in [-0.4, -0.2) is 35.3 Å². The summed E-state index contributed by atoms with van der Waals surface area (Å²) in [7, 11) is 0. The van der Waals surface area contributed by atoms with Crippen molar-refractivity contribution in [2.24, 2.45) is 0 Å². The smallest absolute Gasteiger partial charge is 0.244 e. The second-order valence-electron chi connectivity index (χ2n) is 3.89. The Morgan fingerprint density at radius 1 is 1.41 bits per heavy atom. The zero-order valence-electron chi connectivity index (χ0n) is 9.60. The molecule has 0 atom stereocenters. The van der Waals surface area contributed by atoms with E-state index in [0.29, 0.717) is 12.3 Å². The highest BCUT2D eigenvalue weighted by molar-refractivity contribution is 7.99. The van der Waals surface area contributed by atoms with Gasteiger partial charge in [0.25, 0.3) is 0 Å². The predicted molar refractivity (Wildman–Crippen MR) is 68.9 cm³/mol. The Bertz CT molecular complexity index is 448. The number of anilines is 1. The van der Waals surface area contributed by atoms with E-state index >= 15 is 0 Å². The molecule has 2 amide bonds. The first-order chi connectivity index (χ1) is 8.20. The molecule has 2 rings (SSSR count). The van der Waals surface area contributed by atoms with Crippen molar-refractivity contribution in [2.75, 3.05) is 23.9 Å². The van der Waals surface area contributed by atoms with Gasteiger partial charge < -0.3 is 10.2 Å². The number of thioether (sulfide) groups is 1. The SMILES string of the molecule is CSCC(=O)N1CC(=O)Nc2ccccc2C1. The van der Waals surface area contributed by atoms with Gasteiger partial charge in [-0.2, -0.15) is 11.8 Å². The van der Waals surface area contributed by atoms with E-state index < -0.39 is 0 Å². The van der Waals surface area contributed by atoms with Crippen LogP contribution in [0.2, 0.25) is 0 Å². The second-order valence-corrected chi connectivity index (χ2v) is 4.75. The maximum absolute atomic E-state index is 11.8. The summed E-state index contributed by atoms with van der Waals surface area (Å²) in [6, 6.07) is 7.57. The van der Waals surface area contributed by atoms with Crippen LogP contribution in [0.4, 0.5) is 5.69 Å². The van der Waals surface area contributed by atoms with Gasteiger partial charge in [-0.25, -0.2) is 0 Å². The Hall–Kier alpha value is -1.49. The molecule has 1 aromatic carbocycles. The quantitative estimate of drug-likeness (QED) is 0.861. The number of para-hydroxylation sites is 1. The summed E-state index contributed by atoms with van der Waals surface area (Å²) in [6.07, 6.45) is 1.88. The van der Waals surface area contributed by atoms with Crippen molar-refractivity contribution in [2.45, 2.75) is 6.54 Å². The van der Waals surface area contributed by atoms with Crippen LogP contribution in [0.1, 0.15) is 5.56 Å². The van der Waals surface area contributed by atoms with Gasteiger partial charge in [0.15, 0.2) is 0 Å². The van der Waals surface area contributed by atoms with E-state index in [9.17, 15) is 9.59 Å². The van der Waals surface area contributed by atoms with Gasteiger partial charge in [0.2, 0.25) is 11.8 Å². The molecule has 4 nitrogen and oxygen atoms in total. The van der Waals surface area contributed by atoms with E-state index in [1.54, 1.807) is 4.90 Å². The minimum Gasteiger partial charge on any atom is -0.328 e. The van der Waals surface area contributed by atoms with E-state index in [-0.39, 0.29) is 18.4 Å². The van der Waals surface area contributed by atoms with Crippen LogP contribution in [0.15, 0.2) is 24.3 Å². The van der Waals surface area contributed by atoms with Gasteiger partial charge in [0.05, 0.1) is 5.75 Å². The summed E-state index contributed by atoms with van der Waals surface area (Å²) < 4.78 is 0. The zero-order valence-corrected chi connectivity index (χ0v) is 10.4. The molecule has 90 valence electrons. The van der Waals surface area contributed by atoms with E-state index in [2.05, 4.69) is 5.32 Å². The summed E-state index contributed by atoms with van der Waals surface area (Å²) in [5.74, 6) is 0.281. The molecule has 17 heavy (non-hydrogen) atoms.